The number of esters is 1. The topological polar surface area (TPSA) is 84.5 Å². The highest BCUT2D eigenvalue weighted by Crippen LogP contribution is 2.15. The van der Waals surface area contributed by atoms with Crippen molar-refractivity contribution in [1.29, 1.82) is 0 Å². The average Bonchev–Trinajstić information content (AvgIpc) is 2.64. The van der Waals surface area contributed by atoms with E-state index in [0.29, 0.717) is 17.1 Å². The first kappa shape index (κ1) is 21.5. The molecule has 0 aromatic heterocycles. The highest BCUT2D eigenvalue weighted by molar-refractivity contribution is 7.99. The van der Waals surface area contributed by atoms with Gasteiger partial charge in [0.25, 0.3) is 5.91 Å². The van der Waals surface area contributed by atoms with Crippen LogP contribution in [0.1, 0.15) is 25.0 Å². The van der Waals surface area contributed by atoms with Crippen LogP contribution in [0.4, 0.5) is 11.4 Å². The van der Waals surface area contributed by atoms with Crippen molar-refractivity contribution in [3.8, 4) is 0 Å². The molecule has 2 amide bonds. The second kappa shape index (κ2) is 10.5. The van der Waals surface area contributed by atoms with Crippen molar-refractivity contribution in [3.63, 3.8) is 0 Å². The Kier molecular flexibility index (Phi) is 8.07. The summed E-state index contributed by atoms with van der Waals surface area (Å²) in [4.78, 5) is 35.1. The largest absolute Gasteiger partial charge is 0.452 e. The van der Waals surface area contributed by atoms with Gasteiger partial charge < -0.3 is 15.4 Å². The molecule has 2 N–H and O–H groups in total. The molecule has 0 aliphatic rings. The van der Waals surface area contributed by atoms with Crippen LogP contribution in [0.15, 0.2) is 48.5 Å². The lowest BCUT2D eigenvalue weighted by molar-refractivity contribution is -0.150. The molecule has 2 aromatic rings. The molecule has 28 heavy (non-hydrogen) atoms. The van der Waals surface area contributed by atoms with Gasteiger partial charge >= 0.3 is 5.97 Å². The molecule has 0 unspecified atom stereocenters. The van der Waals surface area contributed by atoms with Crippen LogP contribution in [-0.4, -0.2) is 29.6 Å². The van der Waals surface area contributed by atoms with Crippen molar-refractivity contribution in [2.24, 2.45) is 0 Å². The normalized spacial score (nSPS) is 11.4. The number of hydrogen-bond acceptors (Lipinski definition) is 5. The number of benzene rings is 2. The van der Waals surface area contributed by atoms with Gasteiger partial charge in [-0.05, 0) is 43.7 Å². The first-order chi connectivity index (χ1) is 13.3. The maximum absolute atomic E-state index is 12.2. The first-order valence-corrected chi connectivity index (χ1v) is 10.0. The molecule has 0 saturated carbocycles. The van der Waals surface area contributed by atoms with Gasteiger partial charge in [0.15, 0.2) is 6.10 Å². The van der Waals surface area contributed by atoms with Crippen molar-refractivity contribution in [1.82, 2.24) is 0 Å². The summed E-state index contributed by atoms with van der Waals surface area (Å²) in [6.45, 7) is 4.98. The highest BCUT2D eigenvalue weighted by Gasteiger charge is 2.18. The maximum atomic E-state index is 12.2. The highest BCUT2D eigenvalue weighted by atomic mass is 32.2. The molecule has 0 radical (unpaired) electrons. The van der Waals surface area contributed by atoms with Gasteiger partial charge in [0.1, 0.15) is 0 Å². The summed E-state index contributed by atoms with van der Waals surface area (Å²) in [6.07, 6.45) is -0.900. The molecule has 0 aliphatic carbocycles. The third kappa shape index (κ3) is 7.44. The van der Waals surface area contributed by atoms with E-state index in [1.165, 1.54) is 31.2 Å². The van der Waals surface area contributed by atoms with E-state index < -0.39 is 18.0 Å². The fraction of sp³-hybridized carbons (Fsp3) is 0.286. The van der Waals surface area contributed by atoms with Crippen molar-refractivity contribution in [3.05, 3.63) is 59.7 Å². The predicted octanol–water partition coefficient (Wildman–Crippen LogP) is 3.76. The number of amides is 2. The van der Waals surface area contributed by atoms with Crippen LogP contribution >= 0.6 is 11.8 Å². The van der Waals surface area contributed by atoms with Gasteiger partial charge in [-0.1, -0.05) is 29.8 Å². The fourth-order valence-electron chi connectivity index (χ4n) is 2.31. The van der Waals surface area contributed by atoms with Crippen molar-refractivity contribution in [2.45, 2.75) is 32.6 Å². The monoisotopic (exact) mass is 400 g/mol. The van der Waals surface area contributed by atoms with E-state index in [-0.39, 0.29) is 11.7 Å². The Balaban J connectivity index is 1.74. The molecular weight excluding hydrogens is 376 g/mol. The number of carbonyl (C=O) groups excluding carboxylic acids is 3. The Hall–Kier alpha value is -2.80. The van der Waals surface area contributed by atoms with Crippen LogP contribution in [0.3, 0.4) is 0 Å². The summed E-state index contributed by atoms with van der Waals surface area (Å²) in [5, 5.41) is 5.32. The minimum atomic E-state index is -0.900. The quantitative estimate of drug-likeness (QED) is 0.659. The summed E-state index contributed by atoms with van der Waals surface area (Å²) in [7, 11) is 0. The van der Waals surface area contributed by atoms with Gasteiger partial charge in [0.2, 0.25) is 5.91 Å². The lowest BCUT2D eigenvalue weighted by Crippen LogP contribution is -2.30. The molecule has 0 spiro atoms. The molecule has 0 saturated heterocycles. The molecule has 0 fully saturated rings. The third-order valence-corrected chi connectivity index (χ3v) is 4.74. The van der Waals surface area contributed by atoms with Crippen LogP contribution in [0, 0.1) is 6.92 Å². The zero-order chi connectivity index (χ0) is 20.5. The second-order valence-electron chi connectivity index (χ2n) is 6.36. The number of rotatable bonds is 8. The molecule has 148 valence electrons. The van der Waals surface area contributed by atoms with Gasteiger partial charge in [0, 0.05) is 24.1 Å². The molecule has 7 heteroatoms. The standard InChI is InChI=1S/C21H24N2O4S/c1-14-4-6-17(7-5-14)12-28-13-20(25)27-15(2)21(26)23-19-10-8-18(9-11-19)22-16(3)24/h4-11,15H,12-13H2,1-3H3,(H,22,24)(H,23,26)/t15-/m1/s1. The fourth-order valence-corrected chi connectivity index (χ4v) is 3.07. The predicted molar refractivity (Wildman–Crippen MR) is 112 cm³/mol. The van der Waals surface area contributed by atoms with Crippen LogP contribution in [0.5, 0.6) is 0 Å². The molecule has 0 bridgehead atoms. The van der Waals surface area contributed by atoms with Gasteiger partial charge in [-0.15, -0.1) is 11.8 Å². The number of nitrogens with one attached hydrogen (secondary N) is 2. The van der Waals surface area contributed by atoms with E-state index in [1.807, 2.05) is 31.2 Å². The Labute approximate surface area is 169 Å². The zero-order valence-corrected chi connectivity index (χ0v) is 17.0. The lowest BCUT2D eigenvalue weighted by atomic mass is 10.2. The summed E-state index contributed by atoms with van der Waals surface area (Å²) in [5.41, 5.74) is 3.51. The summed E-state index contributed by atoms with van der Waals surface area (Å²) in [5.74, 6) is -0.129. The maximum Gasteiger partial charge on any atom is 0.316 e. The van der Waals surface area contributed by atoms with Gasteiger partial charge in [-0.3, -0.25) is 14.4 Å². The molecule has 2 aromatic carbocycles. The van der Waals surface area contributed by atoms with E-state index in [0.717, 1.165) is 5.56 Å². The van der Waals surface area contributed by atoms with E-state index in [9.17, 15) is 14.4 Å². The number of hydrogen-bond donors (Lipinski definition) is 2. The Morgan fingerprint density at radius 3 is 2.11 bits per heavy atom. The van der Waals surface area contributed by atoms with Gasteiger partial charge in [-0.25, -0.2) is 0 Å². The summed E-state index contributed by atoms with van der Waals surface area (Å²) < 4.78 is 5.19. The summed E-state index contributed by atoms with van der Waals surface area (Å²) >= 11 is 1.44. The number of thioether (sulfide) groups is 1. The van der Waals surface area contributed by atoms with Crippen molar-refractivity contribution in [2.75, 3.05) is 16.4 Å². The number of carbonyl (C=O) groups is 3. The van der Waals surface area contributed by atoms with E-state index in [4.69, 9.17) is 4.74 Å². The number of anilines is 2. The number of aryl methyl sites for hydroxylation is 1. The zero-order valence-electron chi connectivity index (χ0n) is 16.2. The molecule has 6 nitrogen and oxygen atoms in total. The average molecular weight is 401 g/mol. The van der Waals surface area contributed by atoms with Crippen LogP contribution in [0.2, 0.25) is 0 Å². The van der Waals surface area contributed by atoms with Crippen molar-refractivity contribution >= 4 is 40.9 Å². The van der Waals surface area contributed by atoms with Crippen LogP contribution < -0.4 is 10.6 Å². The minimum Gasteiger partial charge on any atom is -0.452 e. The first-order valence-electron chi connectivity index (χ1n) is 8.85. The van der Waals surface area contributed by atoms with Gasteiger partial charge in [0.05, 0.1) is 5.75 Å². The second-order valence-corrected chi connectivity index (χ2v) is 7.34. The molecule has 0 aliphatic heterocycles. The Bertz CT molecular complexity index is 819. The number of ether oxygens (including phenoxy) is 1. The smallest absolute Gasteiger partial charge is 0.316 e. The van der Waals surface area contributed by atoms with E-state index in [2.05, 4.69) is 10.6 Å². The molecule has 0 heterocycles. The van der Waals surface area contributed by atoms with Crippen LogP contribution in [-0.2, 0) is 24.9 Å². The van der Waals surface area contributed by atoms with Crippen LogP contribution in [0.25, 0.3) is 0 Å². The molecule has 2 rings (SSSR count). The lowest BCUT2D eigenvalue weighted by Gasteiger charge is -2.14. The Morgan fingerprint density at radius 1 is 0.964 bits per heavy atom. The Morgan fingerprint density at radius 2 is 1.54 bits per heavy atom. The molecule has 1 atom stereocenters. The molecular formula is C21H24N2O4S. The summed E-state index contributed by atoms with van der Waals surface area (Å²) in [6, 6.07) is 14.8. The van der Waals surface area contributed by atoms with E-state index in [1.54, 1.807) is 24.3 Å². The van der Waals surface area contributed by atoms with Crippen molar-refractivity contribution < 1.29 is 19.1 Å². The minimum absolute atomic E-state index is 0.169. The van der Waals surface area contributed by atoms with Gasteiger partial charge in [-0.2, -0.15) is 0 Å². The van der Waals surface area contributed by atoms with E-state index >= 15 is 0 Å². The SMILES string of the molecule is CC(=O)Nc1ccc(NC(=O)[C@@H](C)OC(=O)CSCc2ccc(C)cc2)cc1. The third-order valence-electron chi connectivity index (χ3n) is 3.76.